The Bertz CT molecular complexity index is 1680. The molecule has 15 heteroatoms. The second-order valence-corrected chi connectivity index (χ2v) is 16.3. The lowest BCUT2D eigenvalue weighted by atomic mass is 10.0. The van der Waals surface area contributed by atoms with E-state index in [2.05, 4.69) is 25.8 Å². The smallest absolute Gasteiger partial charge is 0.408 e. The molecule has 0 bridgehead atoms. The highest BCUT2D eigenvalue weighted by atomic mass is 16.6. The maximum Gasteiger partial charge on any atom is 0.408 e. The first-order chi connectivity index (χ1) is 23.7. The number of anilines is 1. The number of piperazine rings is 1. The van der Waals surface area contributed by atoms with E-state index in [1.165, 1.54) is 4.57 Å². The van der Waals surface area contributed by atoms with E-state index >= 15 is 0 Å². The molecule has 1 aliphatic carbocycles. The number of hydrogen-bond acceptors (Lipinski definition) is 9. The first-order valence-electron chi connectivity index (χ1n) is 17.5. The fraction of sp³-hybridized carbons (Fsp3) is 0.611. The van der Waals surface area contributed by atoms with E-state index in [-0.39, 0.29) is 55.5 Å². The summed E-state index contributed by atoms with van der Waals surface area (Å²) in [4.78, 5) is 73.3. The number of benzene rings is 1. The quantitative estimate of drug-likeness (QED) is 0.389. The number of rotatable bonds is 7. The van der Waals surface area contributed by atoms with E-state index in [9.17, 15) is 24.0 Å². The van der Waals surface area contributed by atoms with Gasteiger partial charge in [0.2, 0.25) is 5.91 Å². The number of hydrogen-bond donors (Lipinski definition) is 3. The molecule has 3 heterocycles. The van der Waals surface area contributed by atoms with Crippen LogP contribution in [0.5, 0.6) is 0 Å². The molecule has 51 heavy (non-hydrogen) atoms. The normalized spacial score (nSPS) is 19.0. The summed E-state index contributed by atoms with van der Waals surface area (Å²) in [5.74, 6) is -0.160. The second kappa shape index (κ2) is 14.2. The number of aromatic nitrogens is 2. The molecule has 0 unspecified atom stereocenters. The summed E-state index contributed by atoms with van der Waals surface area (Å²) < 4.78 is 12.2. The molecule has 0 radical (unpaired) electrons. The van der Waals surface area contributed by atoms with Crippen molar-refractivity contribution in [3.63, 3.8) is 0 Å². The summed E-state index contributed by atoms with van der Waals surface area (Å²) in [7, 11) is 0. The molecule has 3 N–H and O–H groups in total. The fourth-order valence-electron chi connectivity index (χ4n) is 6.51. The van der Waals surface area contributed by atoms with Crippen molar-refractivity contribution in [3.8, 4) is 5.69 Å². The van der Waals surface area contributed by atoms with Crippen LogP contribution in [0.25, 0.3) is 5.69 Å². The van der Waals surface area contributed by atoms with Crippen molar-refractivity contribution in [2.24, 2.45) is 5.41 Å². The van der Waals surface area contributed by atoms with Crippen LogP contribution in [-0.4, -0.2) is 110 Å². The topological polar surface area (TPSA) is 167 Å². The minimum atomic E-state index is -1.19. The Morgan fingerprint density at radius 3 is 2.00 bits per heavy atom. The molecule has 3 fully saturated rings. The highest BCUT2D eigenvalue weighted by molar-refractivity contribution is 5.90. The van der Waals surface area contributed by atoms with Crippen molar-refractivity contribution in [2.45, 2.75) is 97.6 Å². The standard InChI is InChI=1S/C36H52N8O7/c1-33(2,3)50-31(48)37-26-22-41(23-36(26)14-15-36)21-24-9-11-25(12-10-24)44-16-13-27(39-30(44)47)38-29(46)43-19-17-42(18-20-43)28(45)35(7,8)40-32(49)51-34(4,5)6/h9-13,16,26H,14-15,17-23H2,1-8H3,(H,37,48)(H,40,49)(H,38,39,46,47)/t26-/m0/s1. The van der Waals surface area contributed by atoms with Gasteiger partial charge < -0.3 is 29.9 Å². The summed E-state index contributed by atoms with van der Waals surface area (Å²) in [6.45, 7) is 17.5. The van der Waals surface area contributed by atoms with Gasteiger partial charge in [-0.05, 0) is 92.0 Å². The summed E-state index contributed by atoms with van der Waals surface area (Å²) >= 11 is 0. The lowest BCUT2D eigenvalue weighted by Crippen LogP contribution is -2.60. The number of carbonyl (C=O) groups is 4. The van der Waals surface area contributed by atoms with E-state index in [0.717, 1.165) is 38.0 Å². The van der Waals surface area contributed by atoms with E-state index in [1.54, 1.807) is 56.7 Å². The third-order valence-electron chi connectivity index (χ3n) is 9.16. The average molecular weight is 709 g/mol. The van der Waals surface area contributed by atoms with Crippen LogP contribution in [0.4, 0.5) is 20.2 Å². The number of carbonyl (C=O) groups excluding carboxylic acids is 4. The number of alkyl carbamates (subject to hydrolysis) is 2. The van der Waals surface area contributed by atoms with Gasteiger partial charge in [0.15, 0.2) is 0 Å². The minimum Gasteiger partial charge on any atom is -0.444 e. The number of nitrogens with zero attached hydrogens (tertiary/aromatic N) is 5. The average Bonchev–Trinajstić information content (AvgIpc) is 3.71. The largest absolute Gasteiger partial charge is 0.444 e. The molecule has 1 aromatic heterocycles. The number of amides is 5. The van der Waals surface area contributed by atoms with Crippen molar-refractivity contribution in [3.05, 3.63) is 52.6 Å². The summed E-state index contributed by atoms with van der Waals surface area (Å²) in [6.07, 6.45) is 2.68. The van der Waals surface area contributed by atoms with Gasteiger partial charge in [-0.1, -0.05) is 12.1 Å². The maximum absolute atomic E-state index is 13.1. The zero-order valence-electron chi connectivity index (χ0n) is 31.0. The molecule has 1 saturated carbocycles. The van der Waals surface area contributed by atoms with Gasteiger partial charge in [0.1, 0.15) is 22.6 Å². The third kappa shape index (κ3) is 9.78. The third-order valence-corrected chi connectivity index (χ3v) is 9.16. The predicted molar refractivity (Wildman–Crippen MR) is 191 cm³/mol. The molecule has 1 aromatic carbocycles. The van der Waals surface area contributed by atoms with Gasteiger partial charge >= 0.3 is 23.9 Å². The van der Waals surface area contributed by atoms with Crippen molar-refractivity contribution in [1.29, 1.82) is 0 Å². The Kier molecular flexibility index (Phi) is 10.4. The van der Waals surface area contributed by atoms with E-state index in [4.69, 9.17) is 9.47 Å². The van der Waals surface area contributed by atoms with Crippen LogP contribution in [0.1, 0.15) is 73.8 Å². The van der Waals surface area contributed by atoms with Gasteiger partial charge in [-0.2, -0.15) is 4.98 Å². The highest BCUT2D eigenvalue weighted by Gasteiger charge is 2.55. The minimum absolute atomic E-state index is 0.0521. The number of nitrogens with one attached hydrogen (secondary N) is 3. The molecule has 2 saturated heterocycles. The molecular formula is C36H52N8O7. The van der Waals surface area contributed by atoms with Gasteiger partial charge in [-0.25, -0.2) is 19.2 Å². The van der Waals surface area contributed by atoms with Crippen LogP contribution < -0.4 is 21.6 Å². The van der Waals surface area contributed by atoms with Crippen molar-refractivity contribution < 1.29 is 28.7 Å². The Balaban J connectivity index is 1.10. The van der Waals surface area contributed by atoms with Crippen LogP contribution in [-0.2, 0) is 20.8 Å². The highest BCUT2D eigenvalue weighted by Crippen LogP contribution is 2.53. The molecule has 3 aliphatic rings. The first kappa shape index (κ1) is 37.6. The van der Waals surface area contributed by atoms with E-state index in [0.29, 0.717) is 5.69 Å². The monoisotopic (exact) mass is 708 g/mol. The van der Waals surface area contributed by atoms with Gasteiger partial charge in [0.25, 0.3) is 0 Å². The van der Waals surface area contributed by atoms with Gasteiger partial charge in [0.05, 0.1) is 11.7 Å². The Hall–Kier alpha value is -4.66. The molecular weight excluding hydrogens is 656 g/mol. The van der Waals surface area contributed by atoms with Crippen LogP contribution in [0, 0.1) is 5.41 Å². The first-order valence-corrected chi connectivity index (χ1v) is 17.5. The van der Waals surface area contributed by atoms with Crippen molar-refractivity contribution in [2.75, 3.05) is 44.6 Å². The Morgan fingerprint density at radius 2 is 1.43 bits per heavy atom. The van der Waals surface area contributed by atoms with Gasteiger partial charge in [-0.3, -0.25) is 19.6 Å². The summed E-state index contributed by atoms with van der Waals surface area (Å²) in [6, 6.07) is 8.87. The molecule has 278 valence electrons. The maximum atomic E-state index is 13.1. The molecule has 2 aliphatic heterocycles. The Labute approximate surface area is 299 Å². The predicted octanol–water partition coefficient (Wildman–Crippen LogP) is 3.70. The second-order valence-electron chi connectivity index (χ2n) is 16.3. The molecule has 5 amide bonds. The van der Waals surface area contributed by atoms with Crippen LogP contribution in [0.15, 0.2) is 41.3 Å². The van der Waals surface area contributed by atoms with Crippen LogP contribution in [0.2, 0.25) is 0 Å². The zero-order valence-corrected chi connectivity index (χ0v) is 31.0. The fourth-order valence-corrected chi connectivity index (χ4v) is 6.51. The van der Waals surface area contributed by atoms with E-state index < -0.39 is 34.6 Å². The Morgan fingerprint density at radius 1 is 0.843 bits per heavy atom. The number of urea groups is 1. The molecule has 1 atom stereocenters. The van der Waals surface area contributed by atoms with Gasteiger partial charge in [0, 0.05) is 57.4 Å². The van der Waals surface area contributed by atoms with E-state index in [1.807, 2.05) is 45.0 Å². The lowest BCUT2D eigenvalue weighted by Gasteiger charge is -2.38. The molecule has 1 spiro atoms. The van der Waals surface area contributed by atoms with Crippen LogP contribution in [0.3, 0.4) is 0 Å². The number of ether oxygens (including phenoxy) is 2. The molecule has 5 rings (SSSR count). The number of likely N-dealkylation sites (tertiary alicyclic amines) is 1. The molecule has 15 nitrogen and oxygen atoms in total. The van der Waals surface area contributed by atoms with Crippen LogP contribution >= 0.6 is 0 Å². The SMILES string of the molecule is CC(C)(C)OC(=O)N[C@H]1CN(Cc2ccc(-n3ccc(NC(=O)N4CCN(C(=O)C(C)(C)NC(=O)OC(C)(C)C)CC4)nc3=O)cc2)CC12CC2. The summed E-state index contributed by atoms with van der Waals surface area (Å²) in [5.41, 5.74) is -1.14. The lowest BCUT2D eigenvalue weighted by molar-refractivity contribution is -0.138. The zero-order chi connectivity index (χ0) is 37.4. The van der Waals surface area contributed by atoms with Crippen molar-refractivity contribution >= 4 is 29.9 Å². The van der Waals surface area contributed by atoms with Gasteiger partial charge in [-0.15, -0.1) is 0 Å². The summed E-state index contributed by atoms with van der Waals surface area (Å²) in [5, 5.41) is 8.41. The molecule has 2 aromatic rings. The van der Waals surface area contributed by atoms with Crippen molar-refractivity contribution in [1.82, 2.24) is 34.9 Å².